The molecule has 2 N–H and O–H groups in total. The predicted molar refractivity (Wildman–Crippen MR) is 94.8 cm³/mol. The van der Waals surface area contributed by atoms with Gasteiger partial charge in [-0.1, -0.05) is 30.3 Å². The second kappa shape index (κ2) is 7.53. The van der Waals surface area contributed by atoms with Crippen LogP contribution in [0.25, 0.3) is 0 Å². The van der Waals surface area contributed by atoms with Crippen LogP contribution < -0.4 is 5.32 Å². The fourth-order valence-corrected chi connectivity index (χ4v) is 3.82. The zero-order valence-corrected chi connectivity index (χ0v) is 14.6. The van der Waals surface area contributed by atoms with Gasteiger partial charge in [-0.25, -0.2) is 4.79 Å². The van der Waals surface area contributed by atoms with Gasteiger partial charge in [0.15, 0.2) is 0 Å². The van der Waals surface area contributed by atoms with E-state index in [0.29, 0.717) is 25.9 Å². The Morgan fingerprint density at radius 3 is 2.42 bits per heavy atom. The molecule has 2 aliphatic heterocycles. The Labute approximate surface area is 144 Å². The van der Waals surface area contributed by atoms with Crippen LogP contribution in [-0.2, 0) is 5.60 Å². The number of benzene rings is 1. The van der Waals surface area contributed by atoms with Crippen LogP contribution in [0.5, 0.6) is 0 Å². The van der Waals surface area contributed by atoms with Gasteiger partial charge < -0.3 is 20.2 Å². The number of nitrogens with zero attached hydrogens (tertiary/aromatic N) is 2. The highest BCUT2D eigenvalue weighted by atomic mass is 16.3. The summed E-state index contributed by atoms with van der Waals surface area (Å²) in [6.45, 7) is 6.47. The highest BCUT2D eigenvalue weighted by molar-refractivity contribution is 5.74. The lowest BCUT2D eigenvalue weighted by atomic mass is 9.84. The molecule has 24 heavy (non-hydrogen) atoms. The van der Waals surface area contributed by atoms with Gasteiger partial charge in [0.2, 0.25) is 0 Å². The zero-order chi connectivity index (χ0) is 17.0. The Bertz CT molecular complexity index is 535. The number of piperidine rings is 1. The molecule has 2 saturated heterocycles. The molecule has 132 valence electrons. The van der Waals surface area contributed by atoms with E-state index in [0.717, 1.165) is 25.2 Å². The van der Waals surface area contributed by atoms with Crippen LogP contribution in [0, 0.1) is 0 Å². The van der Waals surface area contributed by atoms with Crippen molar-refractivity contribution in [2.45, 2.75) is 44.2 Å². The third-order valence-corrected chi connectivity index (χ3v) is 5.29. The normalized spacial score (nSPS) is 22.3. The van der Waals surface area contributed by atoms with Gasteiger partial charge in [0, 0.05) is 25.7 Å². The van der Waals surface area contributed by atoms with Gasteiger partial charge in [-0.2, -0.15) is 0 Å². The molecule has 2 fully saturated rings. The molecule has 1 atom stereocenters. The topological polar surface area (TPSA) is 55.8 Å². The van der Waals surface area contributed by atoms with Crippen LogP contribution in [0.15, 0.2) is 30.3 Å². The number of amides is 2. The summed E-state index contributed by atoms with van der Waals surface area (Å²) in [5.41, 5.74) is 0.145. The van der Waals surface area contributed by atoms with Gasteiger partial charge in [-0.05, 0) is 51.3 Å². The average Bonchev–Trinajstić information content (AvgIpc) is 3.09. The Kier molecular flexibility index (Phi) is 5.41. The summed E-state index contributed by atoms with van der Waals surface area (Å²) in [7, 11) is 0. The second-order valence-electron chi connectivity index (χ2n) is 7.24. The van der Waals surface area contributed by atoms with Crippen molar-refractivity contribution in [1.29, 1.82) is 0 Å². The molecule has 1 aromatic rings. The lowest BCUT2D eigenvalue weighted by Gasteiger charge is -2.39. The Morgan fingerprint density at radius 2 is 1.79 bits per heavy atom. The standard InChI is InChI=1S/C19H29N3O2/c1-16(15-21-11-5-6-12-21)20-18(23)22-13-9-19(24,10-14-22)17-7-3-2-4-8-17/h2-4,7-8,16,24H,5-6,9-15H2,1H3,(H,20,23). The minimum absolute atomic E-state index is 0.00295. The SMILES string of the molecule is CC(CN1CCCC1)NC(=O)N1CCC(O)(c2ccccc2)CC1. The van der Waals surface area contributed by atoms with Gasteiger partial charge in [0.25, 0.3) is 0 Å². The van der Waals surface area contributed by atoms with Crippen molar-refractivity contribution in [2.24, 2.45) is 0 Å². The molecule has 5 heteroatoms. The number of hydrogen-bond acceptors (Lipinski definition) is 3. The van der Waals surface area contributed by atoms with Crippen LogP contribution in [-0.4, -0.2) is 59.7 Å². The molecule has 2 heterocycles. The third-order valence-electron chi connectivity index (χ3n) is 5.29. The molecule has 1 aromatic carbocycles. The molecule has 3 rings (SSSR count). The van der Waals surface area contributed by atoms with Crippen molar-refractivity contribution in [1.82, 2.24) is 15.1 Å². The fourth-order valence-electron chi connectivity index (χ4n) is 3.82. The third kappa shape index (κ3) is 4.08. The number of rotatable bonds is 4. The van der Waals surface area contributed by atoms with E-state index in [-0.39, 0.29) is 12.1 Å². The van der Waals surface area contributed by atoms with Gasteiger partial charge >= 0.3 is 6.03 Å². The molecule has 0 bridgehead atoms. The van der Waals surface area contributed by atoms with Crippen molar-refractivity contribution in [3.05, 3.63) is 35.9 Å². The van der Waals surface area contributed by atoms with E-state index in [1.54, 1.807) is 0 Å². The smallest absolute Gasteiger partial charge is 0.317 e. The zero-order valence-electron chi connectivity index (χ0n) is 14.6. The molecular weight excluding hydrogens is 302 g/mol. The molecule has 0 saturated carbocycles. The summed E-state index contributed by atoms with van der Waals surface area (Å²) in [4.78, 5) is 16.7. The summed E-state index contributed by atoms with van der Waals surface area (Å²) in [5.74, 6) is 0. The number of hydrogen-bond donors (Lipinski definition) is 2. The average molecular weight is 331 g/mol. The van der Waals surface area contributed by atoms with E-state index in [1.165, 1.54) is 12.8 Å². The number of carbonyl (C=O) groups excluding carboxylic acids is 1. The number of carbonyl (C=O) groups is 1. The van der Waals surface area contributed by atoms with Crippen LogP contribution in [0.1, 0.15) is 38.2 Å². The molecule has 2 aliphatic rings. The largest absolute Gasteiger partial charge is 0.385 e. The van der Waals surface area contributed by atoms with Crippen molar-refractivity contribution < 1.29 is 9.90 Å². The molecule has 1 unspecified atom stereocenters. The number of aliphatic hydroxyl groups is 1. The van der Waals surface area contributed by atoms with Crippen molar-refractivity contribution in [3.8, 4) is 0 Å². The molecule has 0 radical (unpaired) electrons. The summed E-state index contributed by atoms with van der Waals surface area (Å²) in [5, 5.41) is 14.0. The van der Waals surface area contributed by atoms with Crippen molar-refractivity contribution in [3.63, 3.8) is 0 Å². The minimum Gasteiger partial charge on any atom is -0.385 e. The summed E-state index contributed by atoms with van der Waals surface area (Å²) in [6.07, 6.45) is 3.71. The Morgan fingerprint density at radius 1 is 1.17 bits per heavy atom. The minimum atomic E-state index is -0.806. The van der Waals surface area contributed by atoms with Crippen LogP contribution >= 0.6 is 0 Å². The van der Waals surface area contributed by atoms with Gasteiger partial charge in [0.1, 0.15) is 0 Å². The van der Waals surface area contributed by atoms with Crippen molar-refractivity contribution >= 4 is 6.03 Å². The Hall–Kier alpha value is -1.59. The summed E-state index contributed by atoms with van der Waals surface area (Å²) in [6, 6.07) is 9.94. The first-order valence-electron chi connectivity index (χ1n) is 9.12. The summed E-state index contributed by atoms with van der Waals surface area (Å²) >= 11 is 0. The van der Waals surface area contributed by atoms with E-state index in [2.05, 4.69) is 17.1 Å². The monoisotopic (exact) mass is 331 g/mol. The van der Waals surface area contributed by atoms with Gasteiger partial charge in [0.05, 0.1) is 5.60 Å². The van der Waals surface area contributed by atoms with Gasteiger partial charge in [-0.3, -0.25) is 0 Å². The number of nitrogens with one attached hydrogen (secondary N) is 1. The highest BCUT2D eigenvalue weighted by Gasteiger charge is 2.35. The maximum atomic E-state index is 12.4. The first-order valence-corrected chi connectivity index (χ1v) is 9.12. The lowest BCUT2D eigenvalue weighted by molar-refractivity contribution is -0.0170. The fraction of sp³-hybridized carbons (Fsp3) is 0.632. The van der Waals surface area contributed by atoms with Crippen LogP contribution in [0.2, 0.25) is 0 Å². The molecular formula is C19H29N3O2. The van der Waals surface area contributed by atoms with E-state index < -0.39 is 5.60 Å². The number of urea groups is 1. The van der Waals surface area contributed by atoms with Crippen LogP contribution in [0.4, 0.5) is 4.79 Å². The molecule has 0 aromatic heterocycles. The molecule has 5 nitrogen and oxygen atoms in total. The summed E-state index contributed by atoms with van der Waals surface area (Å²) < 4.78 is 0. The number of likely N-dealkylation sites (tertiary alicyclic amines) is 2. The van der Waals surface area contributed by atoms with E-state index >= 15 is 0 Å². The highest BCUT2D eigenvalue weighted by Crippen LogP contribution is 2.32. The Balaban J connectivity index is 1.48. The van der Waals surface area contributed by atoms with E-state index in [9.17, 15) is 9.90 Å². The molecule has 2 amide bonds. The van der Waals surface area contributed by atoms with Crippen molar-refractivity contribution in [2.75, 3.05) is 32.7 Å². The molecule has 0 aliphatic carbocycles. The van der Waals surface area contributed by atoms with E-state index in [4.69, 9.17) is 0 Å². The van der Waals surface area contributed by atoms with Gasteiger partial charge in [-0.15, -0.1) is 0 Å². The quantitative estimate of drug-likeness (QED) is 0.889. The predicted octanol–water partition coefficient (Wildman–Crippen LogP) is 2.16. The maximum absolute atomic E-state index is 12.4. The first kappa shape index (κ1) is 17.2. The second-order valence-corrected chi connectivity index (χ2v) is 7.24. The first-order chi connectivity index (χ1) is 11.6. The van der Waals surface area contributed by atoms with E-state index in [1.807, 2.05) is 35.2 Å². The lowest BCUT2D eigenvalue weighted by Crippen LogP contribution is -2.52. The molecule has 0 spiro atoms. The van der Waals surface area contributed by atoms with Crippen LogP contribution in [0.3, 0.4) is 0 Å². The maximum Gasteiger partial charge on any atom is 0.317 e.